The van der Waals surface area contributed by atoms with Crippen molar-refractivity contribution in [2.45, 2.75) is 0 Å². The van der Waals surface area contributed by atoms with E-state index in [4.69, 9.17) is 4.42 Å². The molecule has 3 N–H and O–H groups in total. The highest BCUT2D eigenvalue weighted by atomic mass is 19.1. The molecule has 0 saturated carbocycles. The van der Waals surface area contributed by atoms with E-state index >= 15 is 0 Å². The number of furan rings is 1. The average Bonchev–Trinajstić information content (AvgIpc) is 3.19. The van der Waals surface area contributed by atoms with Gasteiger partial charge in [0.2, 0.25) is 0 Å². The predicted molar refractivity (Wildman–Crippen MR) is 81.6 cm³/mol. The Morgan fingerprint density at radius 1 is 1.09 bits per heavy atom. The lowest BCUT2D eigenvalue weighted by atomic mass is 10.2. The molecule has 0 radical (unpaired) electrons. The lowest BCUT2D eigenvalue weighted by molar-refractivity contribution is 0.0909. The fourth-order valence-electron chi connectivity index (χ4n) is 2.17. The number of nitrogens with one attached hydrogen (secondary N) is 3. The second-order valence-corrected chi connectivity index (χ2v) is 4.90. The van der Waals surface area contributed by atoms with Crippen LogP contribution in [-0.4, -0.2) is 29.9 Å². The summed E-state index contributed by atoms with van der Waals surface area (Å²) in [5.74, 6) is -0.808. The van der Waals surface area contributed by atoms with Gasteiger partial charge in [-0.2, -0.15) is 0 Å². The van der Waals surface area contributed by atoms with Crippen LogP contribution in [0.4, 0.5) is 4.39 Å². The number of carbonyl (C=O) groups excluding carboxylic acids is 2. The Kier molecular flexibility index (Phi) is 4.09. The monoisotopic (exact) mass is 315 g/mol. The first-order valence-electron chi connectivity index (χ1n) is 7.01. The summed E-state index contributed by atoms with van der Waals surface area (Å²) in [6.07, 6.45) is 1.41. The van der Waals surface area contributed by atoms with Gasteiger partial charge in [-0.1, -0.05) is 0 Å². The molecular formula is C16H14FN3O3. The van der Waals surface area contributed by atoms with Gasteiger partial charge in [-0.25, -0.2) is 4.39 Å². The van der Waals surface area contributed by atoms with E-state index in [9.17, 15) is 14.0 Å². The Labute approximate surface area is 130 Å². The van der Waals surface area contributed by atoms with Crippen LogP contribution >= 0.6 is 0 Å². The number of rotatable bonds is 5. The van der Waals surface area contributed by atoms with E-state index in [1.165, 1.54) is 18.4 Å². The molecule has 6 nitrogen and oxygen atoms in total. The zero-order chi connectivity index (χ0) is 16.2. The van der Waals surface area contributed by atoms with Crippen LogP contribution in [-0.2, 0) is 0 Å². The number of amides is 2. The van der Waals surface area contributed by atoms with Crippen LogP contribution in [0.2, 0.25) is 0 Å². The van der Waals surface area contributed by atoms with Gasteiger partial charge < -0.3 is 20.0 Å². The van der Waals surface area contributed by atoms with Crippen molar-refractivity contribution < 1.29 is 18.4 Å². The fourth-order valence-corrected chi connectivity index (χ4v) is 2.17. The minimum absolute atomic E-state index is 0.217. The minimum Gasteiger partial charge on any atom is -0.459 e. The van der Waals surface area contributed by atoms with Crippen LogP contribution in [0.25, 0.3) is 10.9 Å². The summed E-state index contributed by atoms with van der Waals surface area (Å²) in [4.78, 5) is 26.5. The first kappa shape index (κ1) is 14.8. The molecule has 0 aliphatic rings. The standard InChI is InChI=1S/C16H14FN3O3/c17-11-3-4-12-10(8-11)9-13(20-12)15(21)18-5-6-19-16(22)14-2-1-7-23-14/h1-4,7-9,20H,5-6H2,(H,18,21)(H,19,22). The SMILES string of the molecule is O=C(NCCNC(=O)c1ccco1)c1cc2cc(F)ccc2[nH]1. The summed E-state index contributed by atoms with van der Waals surface area (Å²) in [5, 5.41) is 5.91. The van der Waals surface area contributed by atoms with Crippen LogP contribution in [0.1, 0.15) is 21.0 Å². The highest BCUT2D eigenvalue weighted by Gasteiger charge is 2.10. The van der Waals surface area contributed by atoms with Crippen molar-refractivity contribution in [3.63, 3.8) is 0 Å². The van der Waals surface area contributed by atoms with E-state index in [1.54, 1.807) is 24.3 Å². The molecule has 0 bridgehead atoms. The molecule has 2 amide bonds. The average molecular weight is 315 g/mol. The van der Waals surface area contributed by atoms with Crippen LogP contribution in [0.5, 0.6) is 0 Å². The molecule has 3 rings (SSSR count). The van der Waals surface area contributed by atoms with E-state index in [1.807, 2.05) is 0 Å². The topological polar surface area (TPSA) is 87.1 Å². The maximum Gasteiger partial charge on any atom is 0.287 e. The number of hydrogen-bond acceptors (Lipinski definition) is 3. The normalized spacial score (nSPS) is 10.7. The molecule has 0 fully saturated rings. The maximum atomic E-state index is 13.1. The van der Waals surface area contributed by atoms with Crippen LogP contribution in [0, 0.1) is 5.82 Å². The molecule has 0 spiro atoms. The molecule has 3 aromatic rings. The zero-order valence-corrected chi connectivity index (χ0v) is 12.1. The molecular weight excluding hydrogens is 301 g/mol. The molecule has 0 saturated heterocycles. The molecule has 0 atom stereocenters. The summed E-state index contributed by atoms with van der Waals surface area (Å²) in [5.41, 5.74) is 1.02. The summed E-state index contributed by atoms with van der Waals surface area (Å²) in [6.45, 7) is 0.523. The predicted octanol–water partition coefficient (Wildman–Crippen LogP) is 2.06. The van der Waals surface area contributed by atoms with Crippen molar-refractivity contribution in [1.82, 2.24) is 15.6 Å². The number of hydrogen-bond donors (Lipinski definition) is 3. The van der Waals surface area contributed by atoms with Crippen LogP contribution in [0.15, 0.2) is 47.1 Å². The Bertz CT molecular complexity index is 840. The largest absolute Gasteiger partial charge is 0.459 e. The number of fused-ring (bicyclic) bond motifs is 1. The lowest BCUT2D eigenvalue weighted by Gasteiger charge is -2.05. The molecule has 0 aliphatic carbocycles. The Balaban J connectivity index is 1.51. The smallest absolute Gasteiger partial charge is 0.287 e. The van der Waals surface area contributed by atoms with Gasteiger partial charge in [0.1, 0.15) is 11.5 Å². The molecule has 7 heteroatoms. The highest BCUT2D eigenvalue weighted by Crippen LogP contribution is 2.16. The fraction of sp³-hybridized carbons (Fsp3) is 0.125. The molecule has 1 aromatic carbocycles. The minimum atomic E-state index is -0.357. The van der Waals surface area contributed by atoms with Crippen molar-refractivity contribution >= 4 is 22.7 Å². The maximum absolute atomic E-state index is 13.1. The third kappa shape index (κ3) is 3.39. The van der Waals surface area contributed by atoms with Crippen molar-refractivity contribution in [2.24, 2.45) is 0 Å². The Morgan fingerprint density at radius 2 is 1.87 bits per heavy atom. The quantitative estimate of drug-likeness (QED) is 0.630. The number of halogens is 1. The van der Waals surface area contributed by atoms with Crippen LogP contribution < -0.4 is 10.6 Å². The van der Waals surface area contributed by atoms with Crippen molar-refractivity contribution in [3.05, 3.63) is 59.9 Å². The van der Waals surface area contributed by atoms with Gasteiger partial charge in [-0.3, -0.25) is 9.59 Å². The first-order chi connectivity index (χ1) is 11.1. The summed E-state index contributed by atoms with van der Waals surface area (Å²) in [7, 11) is 0. The number of aromatic amines is 1. The van der Waals surface area contributed by atoms with E-state index in [-0.39, 0.29) is 36.5 Å². The van der Waals surface area contributed by atoms with Gasteiger partial charge in [0.15, 0.2) is 5.76 Å². The van der Waals surface area contributed by atoms with Crippen LogP contribution in [0.3, 0.4) is 0 Å². The molecule has 0 unspecified atom stereocenters. The third-order valence-electron chi connectivity index (χ3n) is 3.27. The van der Waals surface area contributed by atoms with Gasteiger partial charge >= 0.3 is 0 Å². The van der Waals surface area contributed by atoms with Crippen molar-refractivity contribution in [3.8, 4) is 0 Å². The van der Waals surface area contributed by atoms with Gasteiger partial charge in [-0.05, 0) is 36.4 Å². The summed E-state index contributed by atoms with van der Waals surface area (Å²) < 4.78 is 18.1. The van der Waals surface area contributed by atoms with Gasteiger partial charge in [0, 0.05) is 24.0 Å². The summed E-state index contributed by atoms with van der Waals surface area (Å²) in [6, 6.07) is 9.00. The number of H-pyrrole nitrogens is 1. The van der Waals surface area contributed by atoms with E-state index in [0.29, 0.717) is 16.6 Å². The van der Waals surface area contributed by atoms with Gasteiger partial charge in [0.25, 0.3) is 11.8 Å². The van der Waals surface area contributed by atoms with Crippen molar-refractivity contribution in [2.75, 3.05) is 13.1 Å². The Hall–Kier alpha value is -3.09. The lowest BCUT2D eigenvalue weighted by Crippen LogP contribution is -2.34. The molecule has 2 heterocycles. The highest BCUT2D eigenvalue weighted by molar-refractivity contribution is 5.98. The number of benzene rings is 1. The van der Waals surface area contributed by atoms with Gasteiger partial charge in [0.05, 0.1) is 6.26 Å². The van der Waals surface area contributed by atoms with E-state index < -0.39 is 0 Å². The number of carbonyl (C=O) groups is 2. The summed E-state index contributed by atoms with van der Waals surface area (Å²) >= 11 is 0. The molecule has 23 heavy (non-hydrogen) atoms. The molecule has 2 aromatic heterocycles. The van der Waals surface area contributed by atoms with Crippen molar-refractivity contribution in [1.29, 1.82) is 0 Å². The van der Waals surface area contributed by atoms with E-state index in [2.05, 4.69) is 15.6 Å². The molecule has 118 valence electrons. The first-order valence-corrected chi connectivity index (χ1v) is 7.01. The van der Waals surface area contributed by atoms with E-state index in [0.717, 1.165) is 0 Å². The Morgan fingerprint density at radius 3 is 2.61 bits per heavy atom. The second kappa shape index (κ2) is 6.35. The number of aromatic nitrogens is 1. The zero-order valence-electron chi connectivity index (χ0n) is 12.1. The second-order valence-electron chi connectivity index (χ2n) is 4.90. The van der Waals surface area contributed by atoms with Gasteiger partial charge in [-0.15, -0.1) is 0 Å². The third-order valence-corrected chi connectivity index (χ3v) is 3.27. The molecule has 0 aliphatic heterocycles.